The Kier molecular flexibility index (Phi) is 4.22. The summed E-state index contributed by atoms with van der Waals surface area (Å²) in [6, 6.07) is 0. The van der Waals surface area contributed by atoms with Gasteiger partial charge in [-0.05, 0) is 6.92 Å². The van der Waals surface area contributed by atoms with E-state index < -0.39 is 30.0 Å². The van der Waals surface area contributed by atoms with Crippen LogP contribution in [0.1, 0.15) is 6.92 Å². The second kappa shape index (κ2) is 4.55. The number of esters is 1. The topological polar surface area (TPSA) is 46.5 Å². The third-order valence-electron chi connectivity index (χ3n) is 1.91. The number of hydrogen-bond acceptors (Lipinski definition) is 3. The highest BCUT2D eigenvalue weighted by molar-refractivity contribution is 5.81. The highest BCUT2D eigenvalue weighted by Crippen LogP contribution is 2.46. The molecule has 1 N–H and O–H groups in total. The van der Waals surface area contributed by atoms with Crippen molar-refractivity contribution >= 4 is 5.97 Å². The van der Waals surface area contributed by atoms with E-state index in [9.17, 15) is 31.1 Å². The van der Waals surface area contributed by atoms with Crippen molar-refractivity contribution in [1.29, 1.82) is 0 Å². The van der Waals surface area contributed by atoms with Gasteiger partial charge in [-0.2, -0.15) is 26.3 Å². The van der Waals surface area contributed by atoms with Crippen LogP contribution in [0.4, 0.5) is 26.3 Å². The van der Waals surface area contributed by atoms with Crippen LogP contribution in [0.15, 0.2) is 12.7 Å². The van der Waals surface area contributed by atoms with E-state index in [2.05, 4.69) is 11.3 Å². The van der Waals surface area contributed by atoms with Crippen LogP contribution in [-0.4, -0.2) is 35.1 Å². The Balaban J connectivity index is 5.36. The zero-order chi connectivity index (χ0) is 14.1. The van der Waals surface area contributed by atoms with E-state index in [-0.39, 0.29) is 6.92 Å². The number of carbonyl (C=O) groups is 1. The molecule has 3 nitrogen and oxygen atoms in total. The normalized spacial score (nSPS) is 15.3. The van der Waals surface area contributed by atoms with E-state index in [0.717, 1.165) is 0 Å². The number of carbonyl (C=O) groups excluding carboxylic acids is 1. The minimum Gasteiger partial charge on any atom is -0.456 e. The molecule has 0 aromatic carbocycles. The molecule has 17 heavy (non-hydrogen) atoms. The van der Waals surface area contributed by atoms with Gasteiger partial charge >= 0.3 is 18.3 Å². The first-order valence-electron chi connectivity index (χ1n) is 4.06. The van der Waals surface area contributed by atoms with Crippen molar-refractivity contribution in [2.75, 3.05) is 0 Å². The summed E-state index contributed by atoms with van der Waals surface area (Å²) in [4.78, 5) is 10.5. The van der Waals surface area contributed by atoms with E-state index >= 15 is 0 Å². The molecule has 0 fully saturated rings. The molecule has 0 radical (unpaired) electrons. The highest BCUT2D eigenvalue weighted by atomic mass is 19.4. The Hall–Kier alpha value is -1.25. The van der Waals surface area contributed by atoms with E-state index in [4.69, 9.17) is 5.11 Å². The number of halogens is 6. The first kappa shape index (κ1) is 15.8. The fourth-order valence-electron chi connectivity index (χ4n) is 0.929. The van der Waals surface area contributed by atoms with Gasteiger partial charge in [0.2, 0.25) is 0 Å². The standard InChI is InChI=1S/C8H8F6O3/c1-3-5(15)17-4(2)6(16,7(9,10)11)8(12,13)14/h3-4,16H,1H2,2H3. The summed E-state index contributed by atoms with van der Waals surface area (Å²) < 4.78 is 77.1. The molecule has 0 saturated heterocycles. The molecule has 0 bridgehead atoms. The lowest BCUT2D eigenvalue weighted by molar-refractivity contribution is -0.389. The summed E-state index contributed by atoms with van der Waals surface area (Å²) in [6.07, 6.45) is -14.5. The Morgan fingerprint density at radius 3 is 1.82 bits per heavy atom. The van der Waals surface area contributed by atoms with Crippen LogP contribution in [0.5, 0.6) is 0 Å². The summed E-state index contributed by atoms with van der Waals surface area (Å²) in [5.41, 5.74) is -5.13. The maximum atomic E-state index is 12.2. The molecule has 1 atom stereocenters. The molecule has 0 aromatic heterocycles. The van der Waals surface area contributed by atoms with Crippen molar-refractivity contribution in [3.63, 3.8) is 0 Å². The average Bonchev–Trinajstić information content (AvgIpc) is 2.12. The summed E-state index contributed by atoms with van der Waals surface area (Å²) in [7, 11) is 0. The molecule has 9 heteroatoms. The van der Waals surface area contributed by atoms with Crippen LogP contribution in [0.25, 0.3) is 0 Å². The van der Waals surface area contributed by atoms with Crippen LogP contribution in [0.2, 0.25) is 0 Å². The van der Waals surface area contributed by atoms with Crippen LogP contribution < -0.4 is 0 Å². The predicted molar refractivity (Wildman–Crippen MR) is 42.8 cm³/mol. The maximum absolute atomic E-state index is 12.2. The molecular formula is C8H8F6O3. The molecule has 0 heterocycles. The minimum absolute atomic E-state index is 0.280. The second-order valence-corrected chi connectivity index (χ2v) is 3.05. The molecule has 0 amide bonds. The Morgan fingerprint density at radius 2 is 1.59 bits per heavy atom. The molecule has 0 aliphatic rings. The lowest BCUT2D eigenvalue weighted by atomic mass is 9.96. The minimum atomic E-state index is -6.04. The van der Waals surface area contributed by atoms with E-state index in [1.165, 1.54) is 0 Å². The first-order chi connectivity index (χ1) is 7.38. The molecule has 100 valence electrons. The van der Waals surface area contributed by atoms with Gasteiger partial charge in [0.05, 0.1) is 0 Å². The van der Waals surface area contributed by atoms with E-state index in [0.29, 0.717) is 6.08 Å². The van der Waals surface area contributed by atoms with Gasteiger partial charge in [-0.25, -0.2) is 4.79 Å². The van der Waals surface area contributed by atoms with Crippen molar-refractivity contribution in [2.45, 2.75) is 31.0 Å². The number of hydrogen-bond donors (Lipinski definition) is 1. The molecule has 1 unspecified atom stereocenters. The van der Waals surface area contributed by atoms with Crippen LogP contribution in [0.3, 0.4) is 0 Å². The smallest absolute Gasteiger partial charge is 0.430 e. The monoisotopic (exact) mass is 266 g/mol. The van der Waals surface area contributed by atoms with Crippen LogP contribution >= 0.6 is 0 Å². The summed E-state index contributed by atoms with van der Waals surface area (Å²) in [5, 5.41) is 8.74. The zero-order valence-corrected chi connectivity index (χ0v) is 8.39. The van der Waals surface area contributed by atoms with Gasteiger partial charge in [0.15, 0.2) is 0 Å². The van der Waals surface area contributed by atoms with Gasteiger partial charge in [0.25, 0.3) is 5.60 Å². The Morgan fingerprint density at radius 1 is 1.24 bits per heavy atom. The fourth-order valence-corrected chi connectivity index (χ4v) is 0.929. The summed E-state index contributed by atoms with van der Waals surface area (Å²) in [6.45, 7) is 3.08. The quantitative estimate of drug-likeness (QED) is 0.482. The van der Waals surface area contributed by atoms with Crippen LogP contribution in [-0.2, 0) is 9.53 Å². The SMILES string of the molecule is C=CC(=O)OC(C)C(O)(C(F)(F)F)C(F)(F)F. The van der Waals surface area contributed by atoms with Crippen molar-refractivity contribution in [3.05, 3.63) is 12.7 Å². The molecule has 0 saturated carbocycles. The van der Waals surface area contributed by atoms with Crippen molar-refractivity contribution in [3.8, 4) is 0 Å². The first-order valence-corrected chi connectivity index (χ1v) is 4.06. The van der Waals surface area contributed by atoms with Crippen molar-refractivity contribution in [2.24, 2.45) is 0 Å². The average molecular weight is 266 g/mol. The molecule has 0 aliphatic carbocycles. The third-order valence-corrected chi connectivity index (χ3v) is 1.91. The van der Waals surface area contributed by atoms with Gasteiger partial charge in [0.1, 0.15) is 6.10 Å². The number of rotatable bonds is 3. The number of ether oxygens (including phenoxy) is 1. The summed E-state index contributed by atoms with van der Waals surface area (Å²) in [5.74, 6) is -1.51. The third kappa shape index (κ3) is 2.90. The van der Waals surface area contributed by atoms with Crippen molar-refractivity contribution in [1.82, 2.24) is 0 Å². The highest BCUT2D eigenvalue weighted by Gasteiger charge is 2.74. The van der Waals surface area contributed by atoms with Crippen LogP contribution in [0, 0.1) is 0 Å². The van der Waals surface area contributed by atoms with Gasteiger partial charge in [-0.15, -0.1) is 0 Å². The zero-order valence-electron chi connectivity index (χ0n) is 8.39. The van der Waals surface area contributed by atoms with Gasteiger partial charge in [-0.3, -0.25) is 0 Å². The number of aliphatic hydroxyl groups is 1. The van der Waals surface area contributed by atoms with E-state index in [1.807, 2.05) is 0 Å². The van der Waals surface area contributed by atoms with E-state index in [1.54, 1.807) is 0 Å². The maximum Gasteiger partial charge on any atom is 0.430 e. The van der Waals surface area contributed by atoms with Gasteiger partial charge < -0.3 is 9.84 Å². The fraction of sp³-hybridized carbons (Fsp3) is 0.625. The van der Waals surface area contributed by atoms with Gasteiger partial charge in [0, 0.05) is 6.08 Å². The molecule has 0 spiro atoms. The molecule has 0 rings (SSSR count). The number of alkyl halides is 6. The lowest BCUT2D eigenvalue weighted by Gasteiger charge is -2.36. The molecule has 0 aromatic rings. The largest absolute Gasteiger partial charge is 0.456 e. The molecule has 0 aliphatic heterocycles. The van der Waals surface area contributed by atoms with Crippen molar-refractivity contribution < 1.29 is 41.0 Å². The Bertz CT molecular complexity index is 291. The predicted octanol–water partition coefficient (Wildman–Crippen LogP) is 1.96. The lowest BCUT2D eigenvalue weighted by Crippen LogP contribution is -2.64. The summed E-state index contributed by atoms with van der Waals surface area (Å²) >= 11 is 0. The molecular weight excluding hydrogens is 258 g/mol. The second-order valence-electron chi connectivity index (χ2n) is 3.05. The van der Waals surface area contributed by atoms with Gasteiger partial charge in [-0.1, -0.05) is 6.58 Å². The Labute approximate surface area is 91.7 Å².